The predicted octanol–water partition coefficient (Wildman–Crippen LogP) is 1.83. The second-order valence-electron chi connectivity index (χ2n) is 2.28. The molecule has 0 bridgehead atoms. The van der Waals surface area contributed by atoms with Crippen LogP contribution < -0.4 is 5.32 Å². The molecule has 2 heteroatoms. The van der Waals surface area contributed by atoms with Crippen LogP contribution in [-0.2, 0) is 0 Å². The van der Waals surface area contributed by atoms with Gasteiger partial charge in [0.1, 0.15) is 0 Å². The molecule has 1 heterocycles. The van der Waals surface area contributed by atoms with Crippen molar-refractivity contribution in [2.75, 3.05) is 7.05 Å². The first-order valence-electron chi connectivity index (χ1n) is 3.80. The molecule has 0 aromatic carbocycles. The summed E-state index contributed by atoms with van der Waals surface area (Å²) in [6.45, 7) is 3.63. The number of aromatic nitrogens is 1. The quantitative estimate of drug-likeness (QED) is 0.682. The highest BCUT2D eigenvalue weighted by Crippen LogP contribution is 2.05. The molecule has 0 saturated carbocycles. The Kier molecular flexibility index (Phi) is 3.08. The van der Waals surface area contributed by atoms with E-state index in [1.54, 1.807) is 12.3 Å². The fourth-order valence-corrected chi connectivity index (χ4v) is 0.937. The van der Waals surface area contributed by atoms with E-state index in [1.807, 2.05) is 31.3 Å². The molecule has 1 N–H and O–H groups in total. The summed E-state index contributed by atoms with van der Waals surface area (Å²) < 4.78 is 0. The maximum absolute atomic E-state index is 4.19. The minimum absolute atomic E-state index is 0.930. The van der Waals surface area contributed by atoms with Crippen molar-refractivity contribution in [2.24, 2.45) is 0 Å². The summed E-state index contributed by atoms with van der Waals surface area (Å²) >= 11 is 0. The van der Waals surface area contributed by atoms with Crippen LogP contribution >= 0.6 is 0 Å². The molecule has 0 aliphatic carbocycles. The maximum Gasteiger partial charge on any atom is 0.0860 e. The minimum Gasteiger partial charge on any atom is -0.386 e. The summed E-state index contributed by atoms with van der Waals surface area (Å²) in [5.41, 5.74) is 1.91. The molecule has 0 saturated heterocycles. The second kappa shape index (κ2) is 4.34. The van der Waals surface area contributed by atoms with E-state index in [9.17, 15) is 0 Å². The monoisotopic (exact) mass is 160 g/mol. The van der Waals surface area contributed by atoms with Gasteiger partial charge in [-0.3, -0.25) is 4.98 Å². The Morgan fingerprint density at radius 1 is 1.58 bits per heavy atom. The highest BCUT2D eigenvalue weighted by Gasteiger charge is 1.95. The van der Waals surface area contributed by atoms with E-state index in [1.165, 1.54) is 0 Å². The van der Waals surface area contributed by atoms with Crippen LogP contribution in [-0.4, -0.2) is 12.0 Å². The largest absolute Gasteiger partial charge is 0.386 e. The summed E-state index contributed by atoms with van der Waals surface area (Å²) in [6, 6.07) is 5.80. The lowest BCUT2D eigenvalue weighted by molar-refractivity contribution is 1.09. The van der Waals surface area contributed by atoms with Gasteiger partial charge >= 0.3 is 0 Å². The van der Waals surface area contributed by atoms with Crippen molar-refractivity contribution < 1.29 is 0 Å². The molecule has 12 heavy (non-hydrogen) atoms. The molecule has 62 valence electrons. The summed E-state index contributed by atoms with van der Waals surface area (Å²) in [4.78, 5) is 4.19. The third kappa shape index (κ3) is 1.95. The van der Waals surface area contributed by atoms with Gasteiger partial charge < -0.3 is 5.32 Å². The maximum atomic E-state index is 4.19. The molecule has 1 aromatic heterocycles. The fourth-order valence-electron chi connectivity index (χ4n) is 0.937. The van der Waals surface area contributed by atoms with Crippen LogP contribution in [0.2, 0.25) is 0 Å². The molecule has 0 fully saturated rings. The molecule has 1 aromatic rings. The zero-order chi connectivity index (χ0) is 8.81. The van der Waals surface area contributed by atoms with E-state index < -0.39 is 0 Å². The zero-order valence-electron chi connectivity index (χ0n) is 7.12. The highest BCUT2D eigenvalue weighted by atomic mass is 14.9. The Balaban J connectivity index is 2.95. The lowest BCUT2D eigenvalue weighted by Gasteiger charge is -2.03. The van der Waals surface area contributed by atoms with Crippen molar-refractivity contribution in [3.05, 3.63) is 48.8 Å². The summed E-state index contributed by atoms with van der Waals surface area (Å²) in [5.74, 6) is 0. The van der Waals surface area contributed by atoms with Crippen molar-refractivity contribution in [1.29, 1.82) is 0 Å². The first-order chi connectivity index (χ1) is 5.88. The molecule has 0 aliphatic heterocycles. The topological polar surface area (TPSA) is 24.9 Å². The number of hydrogen-bond acceptors (Lipinski definition) is 2. The van der Waals surface area contributed by atoms with Crippen molar-refractivity contribution in [2.45, 2.75) is 0 Å². The van der Waals surface area contributed by atoms with Crippen molar-refractivity contribution in [3.63, 3.8) is 0 Å². The molecule has 1 rings (SSSR count). The number of pyridine rings is 1. The normalized spacial score (nSPS) is 10.9. The molecule has 0 atom stereocenters. The van der Waals surface area contributed by atoms with Gasteiger partial charge in [0.15, 0.2) is 0 Å². The Hall–Kier alpha value is -1.57. The van der Waals surface area contributed by atoms with Crippen LogP contribution in [0.15, 0.2) is 43.1 Å². The average molecular weight is 160 g/mol. The predicted molar refractivity (Wildman–Crippen MR) is 51.5 cm³/mol. The lowest BCUT2D eigenvalue weighted by Crippen LogP contribution is -2.05. The average Bonchev–Trinajstić information content (AvgIpc) is 2.15. The van der Waals surface area contributed by atoms with Gasteiger partial charge in [-0.15, -0.1) is 0 Å². The van der Waals surface area contributed by atoms with Crippen molar-refractivity contribution in [1.82, 2.24) is 10.3 Å². The summed E-state index contributed by atoms with van der Waals surface area (Å²) in [7, 11) is 1.87. The number of rotatable bonds is 3. The van der Waals surface area contributed by atoms with Crippen LogP contribution in [0.3, 0.4) is 0 Å². The van der Waals surface area contributed by atoms with Crippen LogP contribution in [0.5, 0.6) is 0 Å². The van der Waals surface area contributed by atoms with Gasteiger partial charge in [-0.05, 0) is 18.2 Å². The Morgan fingerprint density at radius 2 is 2.42 bits per heavy atom. The van der Waals surface area contributed by atoms with Crippen LogP contribution in [0.25, 0.3) is 5.70 Å². The van der Waals surface area contributed by atoms with Crippen molar-refractivity contribution >= 4 is 5.70 Å². The third-order valence-electron chi connectivity index (χ3n) is 1.49. The van der Waals surface area contributed by atoms with E-state index in [-0.39, 0.29) is 0 Å². The molecular weight excluding hydrogens is 148 g/mol. The van der Waals surface area contributed by atoms with E-state index in [0.717, 1.165) is 11.4 Å². The number of hydrogen-bond donors (Lipinski definition) is 1. The molecule has 0 aliphatic rings. The highest BCUT2D eigenvalue weighted by molar-refractivity contribution is 5.61. The molecule has 0 amide bonds. The van der Waals surface area contributed by atoms with Crippen LogP contribution in [0, 0.1) is 0 Å². The SMILES string of the molecule is C=C/C=C(\NC)c1ccccn1. The molecular formula is C10H12N2. The van der Waals surface area contributed by atoms with Gasteiger partial charge in [0, 0.05) is 13.2 Å². The van der Waals surface area contributed by atoms with Gasteiger partial charge in [0.2, 0.25) is 0 Å². The first kappa shape index (κ1) is 8.53. The minimum atomic E-state index is 0.930. The van der Waals surface area contributed by atoms with Gasteiger partial charge in [-0.2, -0.15) is 0 Å². The molecule has 0 unspecified atom stereocenters. The van der Waals surface area contributed by atoms with E-state index in [4.69, 9.17) is 0 Å². The van der Waals surface area contributed by atoms with E-state index in [2.05, 4.69) is 16.9 Å². The summed E-state index contributed by atoms with van der Waals surface area (Å²) in [6.07, 6.45) is 5.40. The van der Waals surface area contributed by atoms with Crippen molar-refractivity contribution in [3.8, 4) is 0 Å². The molecule has 2 nitrogen and oxygen atoms in total. The van der Waals surface area contributed by atoms with Gasteiger partial charge in [-0.1, -0.05) is 18.7 Å². The van der Waals surface area contributed by atoms with Gasteiger partial charge in [-0.25, -0.2) is 0 Å². The van der Waals surface area contributed by atoms with Gasteiger partial charge in [0.05, 0.1) is 11.4 Å². The van der Waals surface area contributed by atoms with Crippen LogP contribution in [0.4, 0.5) is 0 Å². The standard InChI is InChI=1S/C10H12N2/c1-3-6-9(11-2)10-7-4-5-8-12-10/h3-8,11H,1H2,2H3/b9-6-. The number of nitrogens with one attached hydrogen (secondary N) is 1. The van der Waals surface area contributed by atoms with Crippen LogP contribution in [0.1, 0.15) is 5.69 Å². The number of allylic oxidation sites excluding steroid dienone is 2. The molecule has 0 spiro atoms. The Labute approximate surface area is 72.6 Å². The molecule has 0 radical (unpaired) electrons. The first-order valence-corrected chi connectivity index (χ1v) is 3.80. The summed E-state index contributed by atoms with van der Waals surface area (Å²) in [5, 5.41) is 3.05. The lowest BCUT2D eigenvalue weighted by atomic mass is 10.2. The zero-order valence-corrected chi connectivity index (χ0v) is 7.12. The Morgan fingerprint density at radius 3 is 2.92 bits per heavy atom. The Bertz CT molecular complexity index is 275. The van der Waals surface area contributed by atoms with E-state index in [0.29, 0.717) is 0 Å². The second-order valence-corrected chi connectivity index (χ2v) is 2.28. The smallest absolute Gasteiger partial charge is 0.0860 e. The fraction of sp³-hybridized carbons (Fsp3) is 0.100. The van der Waals surface area contributed by atoms with Gasteiger partial charge in [0.25, 0.3) is 0 Å². The number of nitrogens with zero attached hydrogens (tertiary/aromatic N) is 1. The third-order valence-corrected chi connectivity index (χ3v) is 1.49. The van der Waals surface area contributed by atoms with E-state index >= 15 is 0 Å².